The predicted molar refractivity (Wildman–Crippen MR) is 85.9 cm³/mol. The van der Waals surface area contributed by atoms with Gasteiger partial charge in [0, 0.05) is 0 Å². The van der Waals surface area contributed by atoms with Gasteiger partial charge in [0.2, 0.25) is 0 Å². The van der Waals surface area contributed by atoms with Crippen LogP contribution < -0.4 is 10.6 Å². The Morgan fingerprint density at radius 1 is 1.04 bits per heavy atom. The van der Waals surface area contributed by atoms with Gasteiger partial charge < -0.3 is 20.1 Å². The van der Waals surface area contributed by atoms with E-state index < -0.39 is 17.8 Å². The van der Waals surface area contributed by atoms with Gasteiger partial charge in [0.05, 0.1) is 12.1 Å². The monoisotopic (exact) mass is 320 g/mol. The maximum atomic E-state index is 11.8. The lowest BCUT2D eigenvalue weighted by molar-refractivity contribution is 0.0450. The number of carbonyl (C=O) groups is 2. The van der Waals surface area contributed by atoms with E-state index in [1.165, 1.54) is 0 Å². The van der Waals surface area contributed by atoms with Crippen molar-refractivity contribution in [2.24, 2.45) is 0 Å². The molecule has 1 fully saturated rings. The third-order valence-electron chi connectivity index (χ3n) is 3.49. The van der Waals surface area contributed by atoms with Crippen molar-refractivity contribution in [3.05, 3.63) is 35.9 Å². The van der Waals surface area contributed by atoms with E-state index >= 15 is 0 Å². The average molecular weight is 320 g/mol. The van der Waals surface area contributed by atoms with Gasteiger partial charge in [0.25, 0.3) is 0 Å². The van der Waals surface area contributed by atoms with Crippen LogP contribution in [0.4, 0.5) is 9.59 Å². The van der Waals surface area contributed by atoms with Gasteiger partial charge in [-0.25, -0.2) is 9.59 Å². The molecule has 0 bridgehead atoms. The normalized spacial score (nSPS) is 20.1. The third kappa shape index (κ3) is 5.81. The van der Waals surface area contributed by atoms with Crippen molar-refractivity contribution in [2.45, 2.75) is 57.9 Å². The molecule has 23 heavy (non-hydrogen) atoms. The van der Waals surface area contributed by atoms with Gasteiger partial charge in [0.15, 0.2) is 0 Å². The summed E-state index contributed by atoms with van der Waals surface area (Å²) < 4.78 is 10.4. The smallest absolute Gasteiger partial charge is 0.407 e. The highest BCUT2D eigenvalue weighted by Gasteiger charge is 2.34. The van der Waals surface area contributed by atoms with Crippen LogP contribution in [-0.2, 0) is 16.1 Å². The summed E-state index contributed by atoms with van der Waals surface area (Å²) in [5.74, 6) is 0. The Bertz CT molecular complexity index is 539. The Hall–Kier alpha value is -2.24. The van der Waals surface area contributed by atoms with Gasteiger partial charge >= 0.3 is 12.2 Å². The zero-order chi connectivity index (χ0) is 16.9. The molecule has 0 radical (unpaired) electrons. The second-order valence-electron chi connectivity index (χ2n) is 6.64. The molecule has 2 amide bonds. The van der Waals surface area contributed by atoms with E-state index in [4.69, 9.17) is 9.47 Å². The Kier molecular flexibility index (Phi) is 5.47. The molecule has 1 aliphatic carbocycles. The first-order chi connectivity index (χ1) is 10.8. The minimum Gasteiger partial charge on any atom is -0.445 e. The lowest BCUT2D eigenvalue weighted by atomic mass is 9.86. The second-order valence-corrected chi connectivity index (χ2v) is 6.64. The van der Waals surface area contributed by atoms with E-state index in [-0.39, 0.29) is 18.7 Å². The highest BCUT2D eigenvalue weighted by Crippen LogP contribution is 2.21. The largest absolute Gasteiger partial charge is 0.445 e. The van der Waals surface area contributed by atoms with E-state index in [1.54, 1.807) is 0 Å². The molecule has 0 saturated heterocycles. The van der Waals surface area contributed by atoms with Crippen LogP contribution in [0.15, 0.2) is 30.3 Å². The SMILES string of the molecule is CC(C)(C)OC(=O)N[C@H]1CC[C@@H]1NC(=O)OCc1ccccc1. The lowest BCUT2D eigenvalue weighted by Gasteiger charge is -2.37. The number of alkyl carbamates (subject to hydrolysis) is 2. The molecule has 2 rings (SSSR count). The van der Waals surface area contributed by atoms with Crippen LogP contribution in [0.3, 0.4) is 0 Å². The lowest BCUT2D eigenvalue weighted by Crippen LogP contribution is -2.58. The van der Waals surface area contributed by atoms with E-state index in [2.05, 4.69) is 10.6 Å². The zero-order valence-electron chi connectivity index (χ0n) is 13.8. The molecule has 1 aromatic carbocycles. The fraction of sp³-hybridized carbons (Fsp3) is 0.529. The van der Waals surface area contributed by atoms with Crippen molar-refractivity contribution in [3.63, 3.8) is 0 Å². The number of amides is 2. The minimum absolute atomic E-state index is 0.117. The Morgan fingerprint density at radius 3 is 2.13 bits per heavy atom. The number of hydrogen-bond donors (Lipinski definition) is 2. The first kappa shape index (κ1) is 17.1. The number of ether oxygens (including phenoxy) is 2. The average Bonchev–Trinajstić information content (AvgIpc) is 2.46. The minimum atomic E-state index is -0.536. The van der Waals surface area contributed by atoms with Crippen LogP contribution in [0.2, 0.25) is 0 Å². The Morgan fingerprint density at radius 2 is 1.61 bits per heavy atom. The van der Waals surface area contributed by atoms with Crippen molar-refractivity contribution in [1.29, 1.82) is 0 Å². The first-order valence-corrected chi connectivity index (χ1v) is 7.80. The summed E-state index contributed by atoms with van der Waals surface area (Å²) in [5, 5.41) is 5.54. The van der Waals surface area contributed by atoms with Crippen LogP contribution in [0, 0.1) is 0 Å². The third-order valence-corrected chi connectivity index (χ3v) is 3.49. The summed E-state index contributed by atoms with van der Waals surface area (Å²) in [6.45, 7) is 5.65. The molecule has 0 unspecified atom stereocenters. The molecule has 126 valence electrons. The Labute approximate surface area is 136 Å². The van der Waals surface area contributed by atoms with Gasteiger partial charge in [0.1, 0.15) is 12.2 Å². The zero-order valence-corrected chi connectivity index (χ0v) is 13.8. The summed E-state index contributed by atoms with van der Waals surface area (Å²) in [5.41, 5.74) is 0.394. The molecule has 0 heterocycles. The summed E-state index contributed by atoms with van der Waals surface area (Å²) in [6, 6.07) is 9.24. The molecule has 0 aliphatic heterocycles. The Balaban J connectivity index is 1.71. The van der Waals surface area contributed by atoms with E-state index in [0.29, 0.717) is 0 Å². The first-order valence-electron chi connectivity index (χ1n) is 7.80. The van der Waals surface area contributed by atoms with Gasteiger partial charge in [-0.3, -0.25) is 0 Å². The fourth-order valence-electron chi connectivity index (χ4n) is 2.22. The highest BCUT2D eigenvalue weighted by molar-refractivity contribution is 5.70. The summed E-state index contributed by atoms with van der Waals surface area (Å²) in [6.07, 6.45) is 0.672. The molecule has 1 aliphatic rings. The number of nitrogens with one attached hydrogen (secondary N) is 2. The highest BCUT2D eigenvalue weighted by atomic mass is 16.6. The van der Waals surface area contributed by atoms with Crippen LogP contribution in [-0.4, -0.2) is 29.9 Å². The second kappa shape index (κ2) is 7.35. The van der Waals surface area contributed by atoms with Crippen LogP contribution in [0.1, 0.15) is 39.2 Å². The topological polar surface area (TPSA) is 76.7 Å². The molecule has 2 atom stereocenters. The number of rotatable bonds is 4. The molecule has 6 nitrogen and oxygen atoms in total. The van der Waals surface area contributed by atoms with Gasteiger partial charge in [-0.2, -0.15) is 0 Å². The maximum Gasteiger partial charge on any atom is 0.407 e. The molecular weight excluding hydrogens is 296 g/mol. The molecule has 6 heteroatoms. The number of benzene rings is 1. The predicted octanol–water partition coefficient (Wildman–Crippen LogP) is 2.97. The maximum absolute atomic E-state index is 11.8. The van der Waals surface area contributed by atoms with Crippen molar-refractivity contribution < 1.29 is 19.1 Å². The van der Waals surface area contributed by atoms with Gasteiger partial charge in [-0.05, 0) is 39.2 Å². The van der Waals surface area contributed by atoms with E-state index in [1.807, 2.05) is 51.1 Å². The van der Waals surface area contributed by atoms with Crippen molar-refractivity contribution >= 4 is 12.2 Å². The number of carbonyl (C=O) groups excluding carboxylic acids is 2. The van der Waals surface area contributed by atoms with Crippen molar-refractivity contribution in [2.75, 3.05) is 0 Å². The van der Waals surface area contributed by atoms with Gasteiger partial charge in [-0.1, -0.05) is 30.3 Å². The molecule has 2 N–H and O–H groups in total. The molecule has 1 saturated carbocycles. The fourth-order valence-corrected chi connectivity index (χ4v) is 2.22. The van der Waals surface area contributed by atoms with Crippen LogP contribution in [0.25, 0.3) is 0 Å². The summed E-state index contributed by atoms with van der Waals surface area (Å²) in [4.78, 5) is 23.5. The standard InChI is InChI=1S/C17H24N2O4/c1-17(2,3)23-16(21)19-14-10-9-13(14)18-15(20)22-11-12-7-5-4-6-8-12/h4-8,13-14H,9-11H2,1-3H3,(H,18,20)(H,19,21)/t13-,14-/m0/s1. The van der Waals surface area contributed by atoms with Crippen LogP contribution >= 0.6 is 0 Å². The summed E-state index contributed by atoms with van der Waals surface area (Å²) in [7, 11) is 0. The molecule has 0 aromatic heterocycles. The van der Waals surface area contributed by atoms with E-state index in [0.717, 1.165) is 18.4 Å². The molecule has 0 spiro atoms. The van der Waals surface area contributed by atoms with Crippen LogP contribution in [0.5, 0.6) is 0 Å². The molecule has 1 aromatic rings. The van der Waals surface area contributed by atoms with Crippen molar-refractivity contribution in [3.8, 4) is 0 Å². The number of hydrogen-bond acceptors (Lipinski definition) is 4. The summed E-state index contributed by atoms with van der Waals surface area (Å²) >= 11 is 0. The molecular formula is C17H24N2O4. The van der Waals surface area contributed by atoms with Crippen molar-refractivity contribution in [1.82, 2.24) is 10.6 Å². The van der Waals surface area contributed by atoms with E-state index in [9.17, 15) is 9.59 Å². The van der Waals surface area contributed by atoms with Gasteiger partial charge in [-0.15, -0.1) is 0 Å². The quantitative estimate of drug-likeness (QED) is 0.894.